The number of guanidine groups is 1. The van der Waals surface area contributed by atoms with Gasteiger partial charge in [-0.25, -0.2) is 4.99 Å². The molecule has 1 aromatic heterocycles. The molecule has 0 aromatic carbocycles. The second-order valence-electron chi connectivity index (χ2n) is 6.10. The fourth-order valence-corrected chi connectivity index (χ4v) is 2.47. The maximum Gasteiger partial charge on any atom is 0.243 e. The molecule has 9 heteroatoms. The lowest BCUT2D eigenvalue weighted by Crippen LogP contribution is -2.49. The lowest BCUT2D eigenvalue weighted by molar-refractivity contribution is -0.127. The summed E-state index contributed by atoms with van der Waals surface area (Å²) in [5.41, 5.74) is 1.04. The van der Waals surface area contributed by atoms with E-state index in [0.717, 1.165) is 5.56 Å². The number of aromatic nitrogens is 2. The molecule has 0 spiro atoms. The SMILES string of the molecule is COCCNC(=NCC(=O)N(C)C)N1CCOC(c2cnn(C)c2)C1. The number of hydrogen-bond acceptors (Lipinski definition) is 5. The van der Waals surface area contributed by atoms with Gasteiger partial charge >= 0.3 is 0 Å². The number of aryl methyl sites for hydroxylation is 1. The Bertz CT molecular complexity index is 586. The standard InChI is InChI=1S/C16H28N6O3/c1-20(2)15(23)10-18-16(17-5-7-24-4)22-6-8-25-14(12-22)13-9-19-21(3)11-13/h9,11,14H,5-8,10,12H2,1-4H3,(H,17,18). The number of nitrogens with one attached hydrogen (secondary N) is 1. The smallest absolute Gasteiger partial charge is 0.243 e. The molecular weight excluding hydrogens is 324 g/mol. The van der Waals surface area contributed by atoms with Gasteiger partial charge in [-0.2, -0.15) is 5.10 Å². The zero-order chi connectivity index (χ0) is 18.2. The number of amides is 1. The van der Waals surface area contributed by atoms with Crippen molar-refractivity contribution in [1.29, 1.82) is 0 Å². The van der Waals surface area contributed by atoms with Crippen molar-refractivity contribution in [3.8, 4) is 0 Å². The van der Waals surface area contributed by atoms with Gasteiger partial charge in [-0.15, -0.1) is 0 Å². The van der Waals surface area contributed by atoms with E-state index >= 15 is 0 Å². The van der Waals surface area contributed by atoms with Crippen molar-refractivity contribution in [2.45, 2.75) is 6.10 Å². The van der Waals surface area contributed by atoms with Gasteiger partial charge in [-0.05, 0) is 0 Å². The van der Waals surface area contributed by atoms with E-state index in [1.807, 2.05) is 19.4 Å². The van der Waals surface area contributed by atoms with E-state index in [-0.39, 0.29) is 18.6 Å². The van der Waals surface area contributed by atoms with Gasteiger partial charge in [0, 0.05) is 53.1 Å². The summed E-state index contributed by atoms with van der Waals surface area (Å²) >= 11 is 0. The maximum atomic E-state index is 11.9. The van der Waals surface area contributed by atoms with Crippen molar-refractivity contribution in [3.05, 3.63) is 18.0 Å². The van der Waals surface area contributed by atoms with Crippen LogP contribution in [0.3, 0.4) is 0 Å². The van der Waals surface area contributed by atoms with E-state index in [1.165, 1.54) is 4.90 Å². The zero-order valence-electron chi connectivity index (χ0n) is 15.4. The number of likely N-dealkylation sites (N-methyl/N-ethyl adjacent to an activating group) is 1. The number of ether oxygens (including phenoxy) is 2. The number of nitrogens with zero attached hydrogens (tertiary/aromatic N) is 5. The molecule has 1 aliphatic heterocycles. The summed E-state index contributed by atoms with van der Waals surface area (Å²) < 4.78 is 12.7. The van der Waals surface area contributed by atoms with Crippen LogP contribution in [0.15, 0.2) is 17.4 Å². The average Bonchev–Trinajstić information content (AvgIpc) is 3.04. The van der Waals surface area contributed by atoms with E-state index in [2.05, 4.69) is 20.3 Å². The molecule has 1 aromatic rings. The average molecular weight is 352 g/mol. The molecular formula is C16H28N6O3. The van der Waals surface area contributed by atoms with Crippen molar-refractivity contribution in [2.75, 3.05) is 60.6 Å². The van der Waals surface area contributed by atoms with Gasteiger partial charge in [0.25, 0.3) is 0 Å². The molecule has 1 atom stereocenters. The van der Waals surface area contributed by atoms with Gasteiger partial charge < -0.3 is 24.6 Å². The Morgan fingerprint density at radius 1 is 1.56 bits per heavy atom. The Morgan fingerprint density at radius 3 is 3.00 bits per heavy atom. The van der Waals surface area contributed by atoms with Gasteiger partial charge in [0.1, 0.15) is 12.6 Å². The molecule has 1 unspecified atom stereocenters. The van der Waals surface area contributed by atoms with E-state index in [1.54, 1.807) is 25.9 Å². The summed E-state index contributed by atoms with van der Waals surface area (Å²) in [5.74, 6) is 0.660. The second kappa shape index (κ2) is 9.38. The third-order valence-corrected chi connectivity index (χ3v) is 3.91. The Kier molecular flexibility index (Phi) is 7.20. The summed E-state index contributed by atoms with van der Waals surface area (Å²) in [5, 5.41) is 7.47. The topological polar surface area (TPSA) is 84.2 Å². The first kappa shape index (κ1) is 19.2. The number of hydrogen-bond donors (Lipinski definition) is 1. The molecule has 2 heterocycles. The predicted octanol–water partition coefficient (Wildman–Crippen LogP) is -0.526. The van der Waals surface area contributed by atoms with Crippen LogP contribution in [0.1, 0.15) is 11.7 Å². The van der Waals surface area contributed by atoms with Crippen molar-refractivity contribution in [3.63, 3.8) is 0 Å². The van der Waals surface area contributed by atoms with Crippen molar-refractivity contribution in [2.24, 2.45) is 12.0 Å². The van der Waals surface area contributed by atoms with E-state index in [0.29, 0.717) is 38.8 Å². The molecule has 25 heavy (non-hydrogen) atoms. The summed E-state index contributed by atoms with van der Waals surface area (Å²) in [6.45, 7) is 3.26. The molecule has 0 saturated carbocycles. The van der Waals surface area contributed by atoms with Crippen LogP contribution in [0.4, 0.5) is 0 Å². The molecule has 0 aliphatic carbocycles. The minimum atomic E-state index is -0.0681. The number of aliphatic imine (C=N–C) groups is 1. The summed E-state index contributed by atoms with van der Waals surface area (Å²) in [6.07, 6.45) is 3.71. The lowest BCUT2D eigenvalue weighted by atomic mass is 10.1. The minimum Gasteiger partial charge on any atom is -0.383 e. The highest BCUT2D eigenvalue weighted by Crippen LogP contribution is 2.21. The number of methoxy groups -OCH3 is 1. The highest BCUT2D eigenvalue weighted by atomic mass is 16.5. The van der Waals surface area contributed by atoms with Crippen molar-refractivity contribution >= 4 is 11.9 Å². The zero-order valence-corrected chi connectivity index (χ0v) is 15.4. The van der Waals surface area contributed by atoms with Crippen LogP contribution in [0.2, 0.25) is 0 Å². The van der Waals surface area contributed by atoms with Crippen LogP contribution >= 0.6 is 0 Å². The molecule has 9 nitrogen and oxygen atoms in total. The van der Waals surface area contributed by atoms with E-state index in [9.17, 15) is 4.79 Å². The highest BCUT2D eigenvalue weighted by Gasteiger charge is 2.25. The Hall–Kier alpha value is -2.13. The highest BCUT2D eigenvalue weighted by molar-refractivity contribution is 5.85. The Balaban J connectivity index is 2.06. The maximum absolute atomic E-state index is 11.9. The summed E-state index contributed by atoms with van der Waals surface area (Å²) in [6, 6.07) is 0. The van der Waals surface area contributed by atoms with Gasteiger partial charge in [-0.1, -0.05) is 0 Å². The second-order valence-corrected chi connectivity index (χ2v) is 6.10. The molecule has 0 radical (unpaired) electrons. The number of carbonyl (C=O) groups excluding carboxylic acids is 1. The Labute approximate surface area is 148 Å². The van der Waals surface area contributed by atoms with Crippen molar-refractivity contribution in [1.82, 2.24) is 24.9 Å². The largest absolute Gasteiger partial charge is 0.383 e. The molecule has 1 N–H and O–H groups in total. The van der Waals surface area contributed by atoms with Crippen LogP contribution in [-0.2, 0) is 21.3 Å². The van der Waals surface area contributed by atoms with Crippen LogP contribution in [0.25, 0.3) is 0 Å². The third kappa shape index (κ3) is 5.71. The molecule has 2 rings (SSSR count). The third-order valence-electron chi connectivity index (χ3n) is 3.91. The summed E-state index contributed by atoms with van der Waals surface area (Å²) in [7, 11) is 6.99. The first-order chi connectivity index (χ1) is 12.0. The first-order valence-electron chi connectivity index (χ1n) is 8.33. The van der Waals surface area contributed by atoms with Crippen LogP contribution < -0.4 is 5.32 Å². The molecule has 1 aliphatic rings. The van der Waals surface area contributed by atoms with E-state index in [4.69, 9.17) is 9.47 Å². The van der Waals surface area contributed by atoms with E-state index < -0.39 is 0 Å². The van der Waals surface area contributed by atoms with Crippen LogP contribution in [0, 0.1) is 0 Å². The quantitative estimate of drug-likeness (QED) is 0.421. The summed E-state index contributed by atoms with van der Waals surface area (Å²) in [4.78, 5) is 20.0. The number of rotatable bonds is 6. The normalized spacial score (nSPS) is 18.3. The number of carbonyl (C=O) groups is 1. The molecule has 1 amide bonds. The molecule has 1 saturated heterocycles. The van der Waals surface area contributed by atoms with Crippen molar-refractivity contribution < 1.29 is 14.3 Å². The number of morpholine rings is 1. The minimum absolute atomic E-state index is 0.0388. The van der Waals surface area contributed by atoms with Crippen LogP contribution in [-0.4, -0.2) is 92.0 Å². The molecule has 0 bridgehead atoms. The molecule has 1 fully saturated rings. The predicted molar refractivity (Wildman–Crippen MR) is 94.3 cm³/mol. The van der Waals surface area contributed by atoms with Gasteiger partial charge in [0.2, 0.25) is 5.91 Å². The monoisotopic (exact) mass is 352 g/mol. The van der Waals surface area contributed by atoms with Crippen LogP contribution in [0.5, 0.6) is 0 Å². The fraction of sp³-hybridized carbons (Fsp3) is 0.688. The lowest BCUT2D eigenvalue weighted by Gasteiger charge is -2.35. The van der Waals surface area contributed by atoms with Gasteiger partial charge in [0.15, 0.2) is 5.96 Å². The van der Waals surface area contributed by atoms with Gasteiger partial charge in [-0.3, -0.25) is 9.48 Å². The fourth-order valence-electron chi connectivity index (χ4n) is 2.47. The first-order valence-corrected chi connectivity index (χ1v) is 8.33. The Morgan fingerprint density at radius 2 is 2.36 bits per heavy atom. The molecule has 140 valence electrons. The van der Waals surface area contributed by atoms with Gasteiger partial charge in [0.05, 0.1) is 26.0 Å².